The molecular weight excluding hydrogens is 410 g/mol. The highest BCUT2D eigenvalue weighted by Crippen LogP contribution is 2.25. The summed E-state index contributed by atoms with van der Waals surface area (Å²) >= 11 is 5.82. The summed E-state index contributed by atoms with van der Waals surface area (Å²) in [4.78, 5) is 12.4. The Morgan fingerprint density at radius 1 is 0.897 bits per heavy atom. The number of carbonyl (C=O) groups excluding carboxylic acids is 1. The summed E-state index contributed by atoms with van der Waals surface area (Å²) in [7, 11) is -3.64. The molecule has 0 unspecified atom stereocenters. The quantitative estimate of drug-likeness (QED) is 0.460. The fourth-order valence-electron chi connectivity index (χ4n) is 3.26. The molecule has 0 fully saturated rings. The highest BCUT2D eigenvalue weighted by atomic mass is 35.5. The van der Waals surface area contributed by atoms with Gasteiger partial charge in [-0.05, 0) is 66.1 Å². The van der Waals surface area contributed by atoms with Gasteiger partial charge >= 0.3 is 5.97 Å². The Kier molecular flexibility index (Phi) is 5.41. The number of carbonyl (C=O) groups is 1. The number of benzene rings is 3. The van der Waals surface area contributed by atoms with Gasteiger partial charge in [0.2, 0.25) is 10.0 Å². The number of rotatable bonds is 4. The molecule has 0 atom stereocenters. The third-order valence-corrected chi connectivity index (χ3v) is 6.96. The topological polar surface area (TPSA) is 63.7 Å². The van der Waals surface area contributed by atoms with Crippen LogP contribution in [0.5, 0.6) is 5.75 Å². The lowest BCUT2D eigenvalue weighted by Gasteiger charge is -2.28. The van der Waals surface area contributed by atoms with Crippen molar-refractivity contribution in [3.8, 4) is 5.75 Å². The zero-order valence-electron chi connectivity index (χ0n) is 15.4. The van der Waals surface area contributed by atoms with E-state index in [0.29, 0.717) is 30.3 Å². The van der Waals surface area contributed by atoms with Crippen molar-refractivity contribution in [2.24, 2.45) is 0 Å². The zero-order chi connectivity index (χ0) is 20.4. The number of ether oxygens (including phenoxy) is 1. The van der Waals surface area contributed by atoms with Gasteiger partial charge < -0.3 is 4.74 Å². The Hall–Kier alpha value is -2.67. The summed E-state index contributed by atoms with van der Waals surface area (Å²) in [5.41, 5.74) is 2.47. The Bertz CT molecular complexity index is 1140. The summed E-state index contributed by atoms with van der Waals surface area (Å²) in [6.07, 6.45) is 0.681. The molecule has 0 aromatic heterocycles. The van der Waals surface area contributed by atoms with Crippen molar-refractivity contribution < 1.29 is 17.9 Å². The first-order valence-electron chi connectivity index (χ1n) is 9.08. The zero-order valence-corrected chi connectivity index (χ0v) is 17.0. The van der Waals surface area contributed by atoms with Crippen LogP contribution in [0.2, 0.25) is 5.02 Å². The molecule has 0 radical (unpaired) electrons. The predicted molar refractivity (Wildman–Crippen MR) is 111 cm³/mol. The molecular formula is C22H18ClNO4S. The molecule has 0 N–H and O–H groups in total. The lowest BCUT2D eigenvalue weighted by Crippen LogP contribution is -2.35. The first kappa shape index (κ1) is 19.6. The molecule has 1 aliphatic heterocycles. The van der Waals surface area contributed by atoms with Gasteiger partial charge in [0, 0.05) is 18.1 Å². The average molecular weight is 428 g/mol. The van der Waals surface area contributed by atoms with Crippen LogP contribution in [0.3, 0.4) is 0 Å². The van der Waals surface area contributed by atoms with Crippen LogP contribution >= 0.6 is 11.6 Å². The third-order valence-electron chi connectivity index (χ3n) is 4.85. The average Bonchev–Trinajstić information content (AvgIpc) is 2.75. The number of hydrogen-bond donors (Lipinski definition) is 0. The van der Waals surface area contributed by atoms with Gasteiger partial charge in [0.1, 0.15) is 5.75 Å². The van der Waals surface area contributed by atoms with Crippen molar-refractivity contribution in [2.75, 3.05) is 6.54 Å². The molecule has 5 nitrogen and oxygen atoms in total. The van der Waals surface area contributed by atoms with Crippen molar-refractivity contribution >= 4 is 27.6 Å². The van der Waals surface area contributed by atoms with Crippen LogP contribution in [0.25, 0.3) is 0 Å². The van der Waals surface area contributed by atoms with Crippen molar-refractivity contribution in [1.82, 2.24) is 4.31 Å². The fourth-order valence-corrected chi connectivity index (χ4v) is 4.80. The second-order valence-electron chi connectivity index (χ2n) is 6.73. The number of nitrogens with zero attached hydrogens (tertiary/aromatic N) is 1. The molecule has 3 aromatic carbocycles. The van der Waals surface area contributed by atoms with E-state index >= 15 is 0 Å². The largest absolute Gasteiger partial charge is 0.423 e. The van der Waals surface area contributed by atoms with E-state index in [0.717, 1.165) is 5.56 Å². The minimum atomic E-state index is -3.64. The maximum Gasteiger partial charge on any atom is 0.343 e. The van der Waals surface area contributed by atoms with E-state index in [1.165, 1.54) is 34.1 Å². The van der Waals surface area contributed by atoms with Crippen molar-refractivity contribution in [2.45, 2.75) is 17.9 Å². The van der Waals surface area contributed by atoms with Crippen LogP contribution in [0, 0.1) is 0 Å². The van der Waals surface area contributed by atoms with Crippen LogP contribution in [0.1, 0.15) is 21.5 Å². The van der Waals surface area contributed by atoms with Crippen LogP contribution in [-0.2, 0) is 23.0 Å². The van der Waals surface area contributed by atoms with E-state index in [2.05, 4.69) is 0 Å². The summed E-state index contributed by atoms with van der Waals surface area (Å²) in [6.45, 7) is 0.776. The number of esters is 1. The Morgan fingerprint density at radius 2 is 1.55 bits per heavy atom. The summed E-state index contributed by atoms with van der Waals surface area (Å²) in [5.74, 6) is -0.203. The smallest absolute Gasteiger partial charge is 0.343 e. The lowest BCUT2D eigenvalue weighted by atomic mass is 10.0. The molecule has 3 aromatic rings. The molecule has 0 bridgehead atoms. The van der Waals surface area contributed by atoms with Gasteiger partial charge in [-0.1, -0.05) is 35.9 Å². The molecule has 0 saturated carbocycles. The van der Waals surface area contributed by atoms with Gasteiger partial charge in [0.05, 0.1) is 10.5 Å². The first-order chi connectivity index (χ1) is 13.9. The molecule has 0 spiro atoms. The van der Waals surface area contributed by atoms with Gasteiger partial charge in [-0.15, -0.1) is 0 Å². The Morgan fingerprint density at radius 3 is 2.24 bits per heavy atom. The van der Waals surface area contributed by atoms with Gasteiger partial charge in [-0.25, -0.2) is 13.2 Å². The molecule has 1 heterocycles. The number of halogens is 1. The molecule has 0 aliphatic carbocycles. The normalized spacial score (nSPS) is 14.2. The van der Waals surface area contributed by atoms with Crippen LogP contribution in [0.15, 0.2) is 77.7 Å². The SMILES string of the molecule is O=C(Oc1ccc(Cl)cc1)c1ccc(S(=O)(=O)N2CCc3ccccc3C2)cc1. The molecule has 0 saturated heterocycles. The number of hydrogen-bond acceptors (Lipinski definition) is 4. The van der Waals surface area contributed by atoms with E-state index in [4.69, 9.17) is 16.3 Å². The molecule has 7 heteroatoms. The van der Waals surface area contributed by atoms with Crippen molar-refractivity contribution in [1.29, 1.82) is 0 Å². The molecule has 0 amide bonds. The van der Waals surface area contributed by atoms with Crippen LogP contribution in [-0.4, -0.2) is 25.2 Å². The van der Waals surface area contributed by atoms with Crippen LogP contribution in [0.4, 0.5) is 0 Å². The Balaban J connectivity index is 1.49. The van der Waals surface area contributed by atoms with Crippen LogP contribution < -0.4 is 4.74 Å². The molecule has 29 heavy (non-hydrogen) atoms. The van der Waals surface area contributed by atoms with Gasteiger partial charge in [-0.3, -0.25) is 0 Å². The van der Waals surface area contributed by atoms with Gasteiger partial charge in [0.25, 0.3) is 0 Å². The Labute approximate surface area is 174 Å². The molecule has 4 rings (SSSR count). The minimum Gasteiger partial charge on any atom is -0.423 e. The highest BCUT2D eigenvalue weighted by Gasteiger charge is 2.28. The maximum atomic E-state index is 13.0. The maximum absolute atomic E-state index is 13.0. The highest BCUT2D eigenvalue weighted by molar-refractivity contribution is 7.89. The number of sulfonamides is 1. The fraction of sp³-hybridized carbons (Fsp3) is 0.136. The van der Waals surface area contributed by atoms with Crippen molar-refractivity contribution in [3.63, 3.8) is 0 Å². The van der Waals surface area contributed by atoms with Gasteiger partial charge in [-0.2, -0.15) is 4.31 Å². The van der Waals surface area contributed by atoms with Gasteiger partial charge in [0.15, 0.2) is 0 Å². The third kappa shape index (κ3) is 4.19. The van der Waals surface area contributed by atoms with E-state index in [9.17, 15) is 13.2 Å². The standard InChI is InChI=1S/C22H18ClNO4S/c23-19-7-9-20(10-8-19)28-22(25)17-5-11-21(12-6-17)29(26,27)24-14-13-16-3-1-2-4-18(16)15-24/h1-12H,13-15H2. The van der Waals surface area contributed by atoms with Crippen molar-refractivity contribution in [3.05, 3.63) is 94.5 Å². The summed E-state index contributed by atoms with van der Waals surface area (Å²) < 4.78 is 32.7. The second kappa shape index (κ2) is 7.99. The summed E-state index contributed by atoms with van der Waals surface area (Å²) in [6, 6.07) is 20.1. The van der Waals surface area contributed by atoms with E-state index in [-0.39, 0.29) is 10.5 Å². The monoisotopic (exact) mass is 427 g/mol. The number of fused-ring (bicyclic) bond motifs is 1. The minimum absolute atomic E-state index is 0.153. The second-order valence-corrected chi connectivity index (χ2v) is 9.10. The summed E-state index contributed by atoms with van der Waals surface area (Å²) in [5, 5.41) is 0.541. The van der Waals surface area contributed by atoms with E-state index < -0.39 is 16.0 Å². The lowest BCUT2D eigenvalue weighted by molar-refractivity contribution is 0.0734. The first-order valence-corrected chi connectivity index (χ1v) is 10.9. The predicted octanol–water partition coefficient (Wildman–Crippen LogP) is 4.31. The van der Waals surface area contributed by atoms with E-state index in [1.807, 2.05) is 24.3 Å². The molecule has 148 valence electrons. The molecule has 1 aliphatic rings. The van der Waals surface area contributed by atoms with E-state index in [1.54, 1.807) is 24.3 Å².